The average Bonchev–Trinajstić information content (AvgIpc) is 2.73. The van der Waals surface area contributed by atoms with Gasteiger partial charge in [0.05, 0.1) is 19.1 Å². The zero-order valence-electron chi connectivity index (χ0n) is 15.2. The Morgan fingerprint density at radius 3 is 2.30 bits per heavy atom. The molecule has 0 saturated carbocycles. The second kappa shape index (κ2) is 8.19. The third-order valence-corrected chi connectivity index (χ3v) is 4.99. The van der Waals surface area contributed by atoms with Gasteiger partial charge in [-0.2, -0.15) is 0 Å². The Balaban J connectivity index is 1.29. The van der Waals surface area contributed by atoms with Gasteiger partial charge in [0.25, 0.3) is 0 Å². The molecule has 27 heavy (non-hydrogen) atoms. The fourth-order valence-electron chi connectivity index (χ4n) is 3.46. The maximum atomic E-state index is 12.3. The molecule has 1 aliphatic heterocycles. The van der Waals surface area contributed by atoms with Crippen molar-refractivity contribution in [1.29, 1.82) is 0 Å². The fraction of sp³-hybridized carbons (Fsp3) is 0.208. The Morgan fingerprint density at radius 2 is 1.52 bits per heavy atom. The van der Waals surface area contributed by atoms with Crippen LogP contribution in [0, 0.1) is 0 Å². The van der Waals surface area contributed by atoms with Crippen LogP contribution in [0.15, 0.2) is 78.9 Å². The number of benzene rings is 3. The third-order valence-electron chi connectivity index (χ3n) is 4.99. The van der Waals surface area contributed by atoms with Gasteiger partial charge in [-0.15, -0.1) is 0 Å². The van der Waals surface area contributed by atoms with Crippen LogP contribution < -0.4 is 5.32 Å². The van der Waals surface area contributed by atoms with Crippen LogP contribution in [0.5, 0.6) is 0 Å². The number of fused-ring (bicyclic) bond motifs is 1. The highest BCUT2D eigenvalue weighted by molar-refractivity contribution is 5.78. The van der Waals surface area contributed by atoms with Crippen molar-refractivity contribution in [2.24, 2.45) is 0 Å². The highest BCUT2D eigenvalue weighted by Crippen LogP contribution is 2.21. The van der Waals surface area contributed by atoms with Crippen LogP contribution in [-0.4, -0.2) is 18.6 Å². The average molecular weight is 357 g/mol. The van der Waals surface area contributed by atoms with E-state index in [0.717, 1.165) is 17.5 Å². The molecule has 1 amide bonds. The topological polar surface area (TPSA) is 38.3 Å². The molecule has 3 aromatic rings. The molecular weight excluding hydrogens is 334 g/mol. The van der Waals surface area contributed by atoms with Crippen LogP contribution in [0.2, 0.25) is 0 Å². The largest absolute Gasteiger partial charge is 0.371 e. The smallest absolute Gasteiger partial charge is 0.224 e. The first kappa shape index (κ1) is 17.5. The summed E-state index contributed by atoms with van der Waals surface area (Å²) in [6.07, 6.45) is 1.28. The summed E-state index contributed by atoms with van der Waals surface area (Å²) in [7, 11) is 0. The van der Waals surface area contributed by atoms with Gasteiger partial charge in [0.2, 0.25) is 5.91 Å². The zero-order valence-corrected chi connectivity index (χ0v) is 15.2. The van der Waals surface area contributed by atoms with Crippen LogP contribution in [0.3, 0.4) is 0 Å². The first-order valence-electron chi connectivity index (χ1n) is 9.37. The maximum Gasteiger partial charge on any atom is 0.224 e. The minimum Gasteiger partial charge on any atom is -0.371 e. The summed E-state index contributed by atoms with van der Waals surface area (Å²) in [5.74, 6) is 0.0323. The number of hydrogen-bond acceptors (Lipinski definition) is 2. The summed E-state index contributed by atoms with van der Waals surface area (Å²) < 4.78 is 5.86. The summed E-state index contributed by atoms with van der Waals surface area (Å²) in [5.41, 5.74) is 5.93. The number of hydrogen-bond donors (Lipinski definition) is 1. The molecule has 4 rings (SSSR count). The molecule has 0 aromatic heterocycles. The zero-order chi connectivity index (χ0) is 18.5. The van der Waals surface area contributed by atoms with E-state index in [0.29, 0.717) is 19.6 Å². The molecule has 0 bridgehead atoms. The number of ether oxygens (including phenoxy) is 1. The highest BCUT2D eigenvalue weighted by Gasteiger charge is 2.19. The molecule has 0 saturated heterocycles. The van der Waals surface area contributed by atoms with E-state index in [1.807, 2.05) is 36.4 Å². The van der Waals surface area contributed by atoms with Crippen molar-refractivity contribution < 1.29 is 9.53 Å². The van der Waals surface area contributed by atoms with E-state index >= 15 is 0 Å². The number of nitrogens with one attached hydrogen (secondary N) is 1. The summed E-state index contributed by atoms with van der Waals surface area (Å²) in [5, 5.41) is 3.01. The highest BCUT2D eigenvalue weighted by atomic mass is 16.5. The summed E-state index contributed by atoms with van der Waals surface area (Å²) in [6.45, 7) is 1.17. The van der Waals surface area contributed by atoms with Gasteiger partial charge in [0.15, 0.2) is 0 Å². The SMILES string of the molecule is O=C(Cc1ccc(-c2ccccc2)cc1)NCC1Cc2ccccc2CO1. The van der Waals surface area contributed by atoms with Gasteiger partial charge >= 0.3 is 0 Å². The quantitative estimate of drug-likeness (QED) is 0.745. The van der Waals surface area contributed by atoms with Crippen molar-refractivity contribution in [3.63, 3.8) is 0 Å². The van der Waals surface area contributed by atoms with E-state index < -0.39 is 0 Å². The number of rotatable bonds is 5. The van der Waals surface area contributed by atoms with Crippen molar-refractivity contribution >= 4 is 5.91 Å². The lowest BCUT2D eigenvalue weighted by molar-refractivity contribution is -0.121. The monoisotopic (exact) mass is 357 g/mol. The molecule has 0 fully saturated rings. The van der Waals surface area contributed by atoms with E-state index in [-0.39, 0.29) is 12.0 Å². The Bertz CT molecular complexity index is 903. The fourth-order valence-corrected chi connectivity index (χ4v) is 3.46. The summed E-state index contributed by atoms with van der Waals surface area (Å²) in [4.78, 5) is 12.3. The molecule has 3 heteroatoms. The van der Waals surface area contributed by atoms with Crippen molar-refractivity contribution in [2.75, 3.05) is 6.54 Å². The first-order chi connectivity index (χ1) is 13.3. The van der Waals surface area contributed by atoms with E-state index in [1.165, 1.54) is 16.7 Å². The summed E-state index contributed by atoms with van der Waals surface area (Å²) in [6, 6.07) is 26.8. The predicted octanol–water partition coefficient (Wildman–Crippen LogP) is 4.15. The second-order valence-corrected chi connectivity index (χ2v) is 6.95. The Morgan fingerprint density at radius 1 is 0.852 bits per heavy atom. The normalized spacial score (nSPS) is 15.8. The van der Waals surface area contributed by atoms with Crippen LogP contribution >= 0.6 is 0 Å². The van der Waals surface area contributed by atoms with Gasteiger partial charge in [-0.05, 0) is 27.8 Å². The van der Waals surface area contributed by atoms with Crippen molar-refractivity contribution in [3.05, 3.63) is 95.6 Å². The van der Waals surface area contributed by atoms with Gasteiger partial charge in [0.1, 0.15) is 0 Å². The van der Waals surface area contributed by atoms with Crippen molar-refractivity contribution in [2.45, 2.75) is 25.6 Å². The summed E-state index contributed by atoms with van der Waals surface area (Å²) >= 11 is 0. The lowest BCUT2D eigenvalue weighted by atomic mass is 9.99. The molecule has 1 aliphatic rings. The molecule has 1 unspecified atom stereocenters. The van der Waals surface area contributed by atoms with E-state index in [9.17, 15) is 4.79 Å². The molecule has 0 radical (unpaired) electrons. The van der Waals surface area contributed by atoms with Gasteiger partial charge in [-0.3, -0.25) is 4.79 Å². The molecule has 1 N–H and O–H groups in total. The minimum atomic E-state index is 0.0323. The molecule has 3 nitrogen and oxygen atoms in total. The van der Waals surface area contributed by atoms with E-state index in [2.05, 4.69) is 47.8 Å². The van der Waals surface area contributed by atoms with Gasteiger partial charge in [-0.1, -0.05) is 78.9 Å². The molecule has 1 heterocycles. The maximum absolute atomic E-state index is 12.3. The molecular formula is C24H23NO2. The molecule has 0 spiro atoms. The van der Waals surface area contributed by atoms with Crippen molar-refractivity contribution in [3.8, 4) is 11.1 Å². The standard InChI is InChI=1S/C24H23NO2/c26-24(25-16-23-15-21-8-4-5-9-22(21)17-27-23)14-18-10-12-20(13-11-18)19-6-2-1-3-7-19/h1-13,23H,14-17H2,(H,25,26). The lowest BCUT2D eigenvalue weighted by Crippen LogP contribution is -2.37. The molecule has 0 aliphatic carbocycles. The Hall–Kier alpha value is -2.91. The van der Waals surface area contributed by atoms with Crippen molar-refractivity contribution in [1.82, 2.24) is 5.32 Å². The third kappa shape index (κ3) is 4.44. The van der Waals surface area contributed by atoms with Crippen LogP contribution in [0.25, 0.3) is 11.1 Å². The number of carbonyl (C=O) groups is 1. The van der Waals surface area contributed by atoms with E-state index in [4.69, 9.17) is 4.74 Å². The predicted molar refractivity (Wildman–Crippen MR) is 107 cm³/mol. The number of carbonyl (C=O) groups excluding carboxylic acids is 1. The van der Waals surface area contributed by atoms with Gasteiger partial charge < -0.3 is 10.1 Å². The Kier molecular flexibility index (Phi) is 5.31. The number of amides is 1. The van der Waals surface area contributed by atoms with Gasteiger partial charge in [0, 0.05) is 13.0 Å². The Labute approximate surface area is 160 Å². The first-order valence-corrected chi connectivity index (χ1v) is 9.37. The van der Waals surface area contributed by atoms with Crippen LogP contribution in [-0.2, 0) is 29.0 Å². The molecule has 3 aromatic carbocycles. The van der Waals surface area contributed by atoms with Crippen LogP contribution in [0.1, 0.15) is 16.7 Å². The van der Waals surface area contributed by atoms with Gasteiger partial charge in [-0.25, -0.2) is 0 Å². The van der Waals surface area contributed by atoms with Crippen LogP contribution in [0.4, 0.5) is 0 Å². The molecule has 136 valence electrons. The lowest BCUT2D eigenvalue weighted by Gasteiger charge is -2.25. The van der Waals surface area contributed by atoms with E-state index in [1.54, 1.807) is 0 Å². The second-order valence-electron chi connectivity index (χ2n) is 6.95. The minimum absolute atomic E-state index is 0.0323. The molecule has 1 atom stereocenters.